The third-order valence-electron chi connectivity index (χ3n) is 3.39. The van der Waals surface area contributed by atoms with Gasteiger partial charge in [0.05, 0.1) is 12.6 Å². The topological polar surface area (TPSA) is 81.7 Å². The van der Waals surface area contributed by atoms with E-state index in [4.69, 9.17) is 0 Å². The Labute approximate surface area is 120 Å². The zero-order valence-electron chi connectivity index (χ0n) is 12.9. The Morgan fingerprint density at radius 3 is 2.40 bits per heavy atom. The van der Waals surface area contributed by atoms with Crippen molar-refractivity contribution in [3.05, 3.63) is 0 Å². The van der Waals surface area contributed by atoms with Crippen LogP contribution >= 0.6 is 0 Å². The molecule has 0 radical (unpaired) electrons. The summed E-state index contributed by atoms with van der Waals surface area (Å²) < 4.78 is 0. The smallest absolute Gasteiger partial charge is 0.321 e. The Morgan fingerprint density at radius 1 is 1.25 bits per heavy atom. The highest BCUT2D eigenvalue weighted by molar-refractivity contribution is 5.95. The molecule has 1 aliphatic rings. The van der Waals surface area contributed by atoms with Gasteiger partial charge >= 0.3 is 6.03 Å². The highest BCUT2D eigenvalue weighted by Crippen LogP contribution is 2.21. The lowest BCUT2D eigenvalue weighted by molar-refractivity contribution is -0.122. The first-order valence-corrected chi connectivity index (χ1v) is 7.19. The maximum Gasteiger partial charge on any atom is 0.321 e. The van der Waals surface area contributed by atoms with E-state index in [1.807, 2.05) is 25.7 Å². The van der Waals surface area contributed by atoms with Gasteiger partial charge in [-0.3, -0.25) is 15.0 Å². The molecule has 6 nitrogen and oxygen atoms in total. The minimum absolute atomic E-state index is 0.000164. The first-order chi connectivity index (χ1) is 9.19. The quantitative estimate of drug-likeness (QED) is 0.718. The lowest BCUT2D eigenvalue weighted by Crippen LogP contribution is -2.52. The second-order valence-electron chi connectivity index (χ2n) is 6.59. The molecular formula is C14H27N3O3. The first kappa shape index (κ1) is 16.9. The highest BCUT2D eigenvalue weighted by atomic mass is 16.3. The van der Waals surface area contributed by atoms with E-state index in [0.717, 1.165) is 25.7 Å². The lowest BCUT2D eigenvalue weighted by atomic mass is 9.91. The summed E-state index contributed by atoms with van der Waals surface area (Å²) in [5, 5.41) is 14.9. The van der Waals surface area contributed by atoms with Crippen molar-refractivity contribution in [2.45, 2.75) is 64.1 Å². The lowest BCUT2D eigenvalue weighted by Gasteiger charge is -2.34. The van der Waals surface area contributed by atoms with E-state index in [1.54, 1.807) is 7.05 Å². The number of nitrogens with one attached hydrogen (secondary N) is 2. The molecule has 0 heterocycles. The number of nitrogens with zero attached hydrogens (tertiary/aromatic N) is 1. The second-order valence-corrected chi connectivity index (χ2v) is 6.59. The van der Waals surface area contributed by atoms with Crippen molar-refractivity contribution in [2.75, 3.05) is 13.6 Å². The molecule has 0 aromatic heterocycles. The zero-order valence-corrected chi connectivity index (χ0v) is 12.9. The molecule has 0 spiro atoms. The summed E-state index contributed by atoms with van der Waals surface area (Å²) in [6.45, 7) is 5.66. The molecule has 116 valence electrons. The number of urea groups is 1. The average molecular weight is 285 g/mol. The summed E-state index contributed by atoms with van der Waals surface area (Å²) in [5.74, 6) is -0.355. The Balaban J connectivity index is 2.39. The van der Waals surface area contributed by atoms with Crippen molar-refractivity contribution in [1.29, 1.82) is 0 Å². The van der Waals surface area contributed by atoms with Gasteiger partial charge in [0.25, 0.3) is 0 Å². The van der Waals surface area contributed by atoms with Crippen LogP contribution < -0.4 is 10.6 Å². The van der Waals surface area contributed by atoms with Crippen LogP contribution in [0, 0.1) is 0 Å². The van der Waals surface area contributed by atoms with Gasteiger partial charge in [-0.1, -0.05) is 12.8 Å². The number of hydrogen-bond donors (Lipinski definition) is 3. The fourth-order valence-corrected chi connectivity index (χ4v) is 2.49. The molecule has 0 bridgehead atoms. The molecular weight excluding hydrogens is 258 g/mol. The summed E-state index contributed by atoms with van der Waals surface area (Å²) in [5.41, 5.74) is -0.379. The van der Waals surface area contributed by atoms with E-state index >= 15 is 0 Å². The van der Waals surface area contributed by atoms with E-state index in [2.05, 4.69) is 10.6 Å². The summed E-state index contributed by atoms with van der Waals surface area (Å²) >= 11 is 0. The normalized spacial score (nSPS) is 23.5. The van der Waals surface area contributed by atoms with Crippen LogP contribution in [-0.4, -0.2) is 53.2 Å². The maximum atomic E-state index is 11.8. The van der Waals surface area contributed by atoms with Gasteiger partial charge in [-0.2, -0.15) is 0 Å². The van der Waals surface area contributed by atoms with Crippen LogP contribution in [-0.2, 0) is 4.79 Å². The molecule has 1 rings (SSSR count). The summed E-state index contributed by atoms with van der Waals surface area (Å²) in [6.07, 6.45) is 3.38. The molecule has 0 aliphatic heterocycles. The molecule has 2 unspecified atom stereocenters. The number of aliphatic hydroxyl groups excluding tert-OH is 1. The van der Waals surface area contributed by atoms with Crippen LogP contribution in [0.3, 0.4) is 0 Å². The molecule has 1 aliphatic carbocycles. The minimum Gasteiger partial charge on any atom is -0.391 e. The SMILES string of the molecule is CN(CC(=O)NC(=O)NC(C)(C)C)C1CCCCC1O. The van der Waals surface area contributed by atoms with Gasteiger partial charge in [0.2, 0.25) is 5.91 Å². The van der Waals surface area contributed by atoms with Crippen molar-refractivity contribution in [2.24, 2.45) is 0 Å². The third kappa shape index (κ3) is 5.88. The van der Waals surface area contributed by atoms with Crippen LogP contribution in [0.15, 0.2) is 0 Å². The molecule has 20 heavy (non-hydrogen) atoms. The zero-order chi connectivity index (χ0) is 15.3. The van der Waals surface area contributed by atoms with Crippen LogP contribution in [0.4, 0.5) is 4.79 Å². The minimum atomic E-state index is -0.486. The summed E-state index contributed by atoms with van der Waals surface area (Å²) in [7, 11) is 1.81. The van der Waals surface area contributed by atoms with Gasteiger partial charge in [0.1, 0.15) is 0 Å². The van der Waals surface area contributed by atoms with Crippen molar-refractivity contribution in [3.8, 4) is 0 Å². The molecule has 1 fully saturated rings. The number of carbonyl (C=O) groups excluding carboxylic acids is 2. The van der Waals surface area contributed by atoms with Gasteiger partial charge in [-0.15, -0.1) is 0 Å². The fourth-order valence-electron chi connectivity index (χ4n) is 2.49. The number of aliphatic hydroxyl groups is 1. The largest absolute Gasteiger partial charge is 0.391 e. The van der Waals surface area contributed by atoms with Gasteiger partial charge in [0.15, 0.2) is 0 Å². The van der Waals surface area contributed by atoms with Gasteiger partial charge in [0, 0.05) is 11.6 Å². The predicted octanol–water partition coefficient (Wildman–Crippen LogP) is 0.846. The Hall–Kier alpha value is -1.14. The van der Waals surface area contributed by atoms with Crippen molar-refractivity contribution < 1.29 is 14.7 Å². The third-order valence-corrected chi connectivity index (χ3v) is 3.39. The Morgan fingerprint density at radius 2 is 1.85 bits per heavy atom. The van der Waals surface area contributed by atoms with Crippen molar-refractivity contribution in [1.82, 2.24) is 15.5 Å². The second kappa shape index (κ2) is 7.04. The predicted molar refractivity (Wildman–Crippen MR) is 77.3 cm³/mol. The van der Waals surface area contributed by atoms with Crippen molar-refractivity contribution in [3.63, 3.8) is 0 Å². The molecule has 3 N–H and O–H groups in total. The van der Waals surface area contributed by atoms with Crippen LogP contribution in [0.1, 0.15) is 46.5 Å². The molecule has 0 saturated heterocycles. The number of rotatable bonds is 3. The number of imide groups is 1. The van der Waals surface area contributed by atoms with E-state index in [0.29, 0.717) is 0 Å². The molecule has 3 amide bonds. The molecule has 6 heteroatoms. The van der Waals surface area contributed by atoms with Gasteiger partial charge in [-0.25, -0.2) is 4.79 Å². The number of likely N-dealkylation sites (N-methyl/N-ethyl adjacent to an activating group) is 1. The molecule has 2 atom stereocenters. The first-order valence-electron chi connectivity index (χ1n) is 7.19. The van der Waals surface area contributed by atoms with E-state index in [9.17, 15) is 14.7 Å². The van der Waals surface area contributed by atoms with Crippen molar-refractivity contribution >= 4 is 11.9 Å². The summed E-state index contributed by atoms with van der Waals surface area (Å²) in [4.78, 5) is 25.2. The van der Waals surface area contributed by atoms with E-state index < -0.39 is 6.03 Å². The van der Waals surface area contributed by atoms with Crippen LogP contribution in [0.5, 0.6) is 0 Å². The molecule has 0 aromatic rings. The Bertz CT molecular complexity index is 352. The molecule has 0 aromatic carbocycles. The number of carbonyl (C=O) groups is 2. The Kier molecular flexibility index (Phi) is 5.95. The van der Waals surface area contributed by atoms with Crippen LogP contribution in [0.25, 0.3) is 0 Å². The average Bonchev–Trinajstić information content (AvgIpc) is 2.25. The maximum absolute atomic E-state index is 11.8. The highest BCUT2D eigenvalue weighted by Gasteiger charge is 2.28. The van der Waals surface area contributed by atoms with Crippen LogP contribution in [0.2, 0.25) is 0 Å². The number of hydrogen-bond acceptors (Lipinski definition) is 4. The van der Waals surface area contributed by atoms with Gasteiger partial charge in [-0.05, 0) is 40.7 Å². The molecule has 1 saturated carbocycles. The fraction of sp³-hybridized carbons (Fsp3) is 0.857. The summed E-state index contributed by atoms with van der Waals surface area (Å²) in [6, 6.07) is -0.486. The standard InChI is InChI=1S/C14H27N3O3/c1-14(2,3)16-13(20)15-12(19)9-17(4)10-7-5-6-8-11(10)18/h10-11,18H,5-9H2,1-4H3,(H2,15,16,19,20). The monoisotopic (exact) mass is 285 g/mol. The van der Waals surface area contributed by atoms with Gasteiger partial charge < -0.3 is 10.4 Å². The number of amides is 3. The van der Waals surface area contributed by atoms with E-state index in [-0.39, 0.29) is 30.1 Å². The van der Waals surface area contributed by atoms with E-state index in [1.165, 1.54) is 0 Å².